The van der Waals surface area contributed by atoms with Crippen molar-refractivity contribution in [1.82, 2.24) is 19.9 Å². The summed E-state index contributed by atoms with van der Waals surface area (Å²) < 4.78 is 45.6. The molecule has 3 aromatic rings. The van der Waals surface area contributed by atoms with E-state index in [0.29, 0.717) is 17.4 Å². The molecule has 0 radical (unpaired) electrons. The van der Waals surface area contributed by atoms with E-state index in [1.807, 2.05) is 13.0 Å². The summed E-state index contributed by atoms with van der Waals surface area (Å²) in [4.78, 5) is 26.6. The summed E-state index contributed by atoms with van der Waals surface area (Å²) in [6.45, 7) is 5.70. The van der Waals surface area contributed by atoms with Gasteiger partial charge in [-0.05, 0) is 45.2 Å². The van der Waals surface area contributed by atoms with Gasteiger partial charge in [-0.2, -0.15) is 13.2 Å². The van der Waals surface area contributed by atoms with Crippen molar-refractivity contribution in [2.75, 3.05) is 6.61 Å². The predicted molar refractivity (Wildman–Crippen MR) is 112 cm³/mol. The van der Waals surface area contributed by atoms with Crippen molar-refractivity contribution < 1.29 is 22.7 Å². The van der Waals surface area contributed by atoms with E-state index in [2.05, 4.69) is 19.9 Å². The Bertz CT molecular complexity index is 1130. The first-order chi connectivity index (χ1) is 15.0. The predicted octanol–water partition coefficient (Wildman–Crippen LogP) is 5.04. The Kier molecular flexibility index (Phi) is 5.30. The molecule has 168 valence electrons. The molecule has 0 unspecified atom stereocenters. The molecule has 0 atom stereocenters. The number of pyridine rings is 2. The van der Waals surface area contributed by atoms with Gasteiger partial charge in [0.1, 0.15) is 24.0 Å². The van der Waals surface area contributed by atoms with Crippen molar-refractivity contribution in [1.29, 1.82) is 0 Å². The number of carbonyl (C=O) groups is 1. The van der Waals surface area contributed by atoms with Crippen LogP contribution in [-0.2, 0) is 10.2 Å². The minimum Gasteiger partial charge on any atom is -0.477 e. The number of aldehydes is 1. The van der Waals surface area contributed by atoms with Crippen LogP contribution in [0.3, 0.4) is 0 Å². The minimum absolute atomic E-state index is 0.0725. The molecule has 3 aromatic heterocycles. The van der Waals surface area contributed by atoms with Gasteiger partial charge in [0.25, 0.3) is 0 Å². The van der Waals surface area contributed by atoms with Crippen LogP contribution in [0.2, 0.25) is 0 Å². The van der Waals surface area contributed by atoms with E-state index in [-0.39, 0.29) is 25.1 Å². The summed E-state index contributed by atoms with van der Waals surface area (Å²) in [5.74, 6) is 0.728. The van der Waals surface area contributed by atoms with Gasteiger partial charge in [-0.25, -0.2) is 9.97 Å². The molecule has 4 rings (SSSR count). The van der Waals surface area contributed by atoms with Crippen LogP contribution in [0.4, 0.5) is 13.2 Å². The zero-order valence-corrected chi connectivity index (χ0v) is 18.0. The SMILES string of the molecule is Cc1cc(OCC(C)(C)C=O)ncc1-c1ccc(-c2ncc(C3(C(F)(F)F)CC3)[nH]2)nc1. The first kappa shape index (κ1) is 22.0. The molecule has 1 saturated carbocycles. The number of hydrogen-bond donors (Lipinski definition) is 1. The molecule has 1 aliphatic carbocycles. The highest BCUT2D eigenvalue weighted by Crippen LogP contribution is 2.58. The van der Waals surface area contributed by atoms with Crippen molar-refractivity contribution in [3.63, 3.8) is 0 Å². The highest BCUT2D eigenvalue weighted by atomic mass is 19.4. The molecule has 32 heavy (non-hydrogen) atoms. The lowest BCUT2D eigenvalue weighted by Crippen LogP contribution is -2.28. The summed E-state index contributed by atoms with van der Waals surface area (Å²) in [6.07, 6.45) is 1.25. The first-order valence-corrected chi connectivity index (χ1v) is 10.2. The van der Waals surface area contributed by atoms with E-state index in [9.17, 15) is 18.0 Å². The normalized spacial score (nSPS) is 15.4. The highest BCUT2D eigenvalue weighted by Gasteiger charge is 2.65. The Labute approximate surface area is 183 Å². The molecule has 1 N–H and O–H groups in total. The largest absolute Gasteiger partial charge is 0.477 e. The summed E-state index contributed by atoms with van der Waals surface area (Å²) in [7, 11) is 0. The van der Waals surface area contributed by atoms with Crippen molar-refractivity contribution in [2.45, 2.75) is 45.2 Å². The molecule has 0 aliphatic heterocycles. The van der Waals surface area contributed by atoms with Gasteiger partial charge in [0, 0.05) is 35.8 Å². The number of hydrogen-bond acceptors (Lipinski definition) is 5. The van der Waals surface area contributed by atoms with Crippen molar-refractivity contribution in [2.24, 2.45) is 5.41 Å². The second kappa shape index (κ2) is 7.72. The monoisotopic (exact) mass is 444 g/mol. The number of nitrogens with zero attached hydrogens (tertiary/aromatic N) is 3. The van der Waals surface area contributed by atoms with Gasteiger partial charge >= 0.3 is 6.18 Å². The van der Waals surface area contributed by atoms with Crippen LogP contribution < -0.4 is 4.74 Å². The number of nitrogens with one attached hydrogen (secondary N) is 1. The topological polar surface area (TPSA) is 80.8 Å². The second-order valence-electron chi connectivity index (χ2n) is 8.89. The fraction of sp³-hybridized carbons (Fsp3) is 0.391. The van der Waals surface area contributed by atoms with Crippen molar-refractivity contribution in [3.8, 4) is 28.5 Å². The average molecular weight is 444 g/mol. The summed E-state index contributed by atoms with van der Waals surface area (Å²) >= 11 is 0. The molecule has 1 aliphatic rings. The molecule has 3 heterocycles. The molecule has 0 aromatic carbocycles. The zero-order valence-electron chi connectivity index (χ0n) is 18.0. The maximum absolute atomic E-state index is 13.3. The van der Waals surface area contributed by atoms with Crippen molar-refractivity contribution >= 4 is 6.29 Å². The molecule has 6 nitrogen and oxygen atoms in total. The zero-order chi connectivity index (χ0) is 23.1. The number of H-pyrrole nitrogens is 1. The van der Waals surface area contributed by atoms with E-state index in [0.717, 1.165) is 23.0 Å². The first-order valence-electron chi connectivity index (χ1n) is 10.2. The molecule has 0 saturated heterocycles. The van der Waals surface area contributed by atoms with Gasteiger partial charge < -0.3 is 14.5 Å². The van der Waals surface area contributed by atoms with Gasteiger partial charge in [-0.1, -0.05) is 6.07 Å². The summed E-state index contributed by atoms with van der Waals surface area (Å²) in [6, 6.07) is 5.32. The Hall–Kier alpha value is -3.23. The van der Waals surface area contributed by atoms with Gasteiger partial charge in [-0.15, -0.1) is 0 Å². The van der Waals surface area contributed by atoms with Crippen LogP contribution >= 0.6 is 0 Å². The summed E-state index contributed by atoms with van der Waals surface area (Å²) in [5.41, 5.74) is 0.706. The van der Waals surface area contributed by atoms with Crippen LogP contribution in [0.1, 0.15) is 37.9 Å². The third-order valence-corrected chi connectivity index (χ3v) is 5.70. The lowest BCUT2D eigenvalue weighted by Gasteiger charge is -2.17. The highest BCUT2D eigenvalue weighted by molar-refractivity contribution is 5.67. The minimum atomic E-state index is -4.29. The average Bonchev–Trinajstić information content (AvgIpc) is 3.44. The van der Waals surface area contributed by atoms with Crippen LogP contribution in [-0.4, -0.2) is 39.0 Å². The number of imidazole rings is 1. The lowest BCUT2D eigenvalue weighted by atomic mass is 9.98. The smallest absolute Gasteiger partial charge is 0.399 e. The van der Waals surface area contributed by atoms with Crippen LogP contribution in [0, 0.1) is 12.3 Å². The van der Waals surface area contributed by atoms with Gasteiger partial charge in [-0.3, -0.25) is 4.98 Å². The molecule has 0 amide bonds. The number of alkyl halides is 3. The maximum atomic E-state index is 13.3. The van der Waals surface area contributed by atoms with E-state index in [1.54, 1.807) is 38.4 Å². The number of rotatable bonds is 7. The van der Waals surface area contributed by atoms with Crippen LogP contribution in [0.15, 0.2) is 36.8 Å². The van der Waals surface area contributed by atoms with Crippen LogP contribution in [0.25, 0.3) is 22.6 Å². The van der Waals surface area contributed by atoms with Gasteiger partial charge in [0.2, 0.25) is 5.88 Å². The lowest BCUT2D eigenvalue weighted by molar-refractivity contribution is -0.161. The third kappa shape index (κ3) is 4.11. The molecular formula is C23H23F3N4O2. The Morgan fingerprint density at radius 1 is 1.12 bits per heavy atom. The fourth-order valence-electron chi connectivity index (χ4n) is 3.42. The van der Waals surface area contributed by atoms with Crippen molar-refractivity contribution in [3.05, 3.63) is 48.0 Å². The molecule has 9 heteroatoms. The Morgan fingerprint density at radius 3 is 2.44 bits per heavy atom. The quantitative estimate of drug-likeness (QED) is 0.517. The fourth-order valence-corrected chi connectivity index (χ4v) is 3.42. The van der Waals surface area contributed by atoms with E-state index < -0.39 is 17.0 Å². The van der Waals surface area contributed by atoms with E-state index in [4.69, 9.17) is 4.74 Å². The Morgan fingerprint density at radius 2 is 1.88 bits per heavy atom. The molecule has 1 fully saturated rings. The maximum Gasteiger partial charge on any atom is 0.399 e. The number of aromatic amines is 1. The number of ether oxygens (including phenoxy) is 1. The summed E-state index contributed by atoms with van der Waals surface area (Å²) in [5, 5.41) is 0. The standard InChI is InChI=1S/C23H23F3N4O2/c1-14-8-19(32-13-21(2,3)12-31)28-10-16(14)15-4-5-17(27-9-15)20-29-11-18(30-20)22(6-7-22)23(24,25)26/h4-5,8-12H,6-7,13H2,1-3H3,(H,29,30). The number of halogens is 3. The number of aromatic nitrogens is 4. The number of aryl methyl sites for hydroxylation is 1. The third-order valence-electron chi connectivity index (χ3n) is 5.70. The van der Waals surface area contributed by atoms with E-state index >= 15 is 0 Å². The second-order valence-corrected chi connectivity index (χ2v) is 8.89. The van der Waals surface area contributed by atoms with Crippen LogP contribution in [0.5, 0.6) is 5.88 Å². The van der Waals surface area contributed by atoms with Gasteiger partial charge in [0.05, 0.1) is 11.1 Å². The number of carbonyl (C=O) groups excluding carboxylic acids is 1. The molecule has 0 bridgehead atoms. The molecule has 0 spiro atoms. The van der Waals surface area contributed by atoms with Gasteiger partial charge in [0.15, 0.2) is 5.82 Å². The molecular weight excluding hydrogens is 421 g/mol. The van der Waals surface area contributed by atoms with E-state index in [1.165, 1.54) is 6.20 Å². The Balaban J connectivity index is 1.51.